The van der Waals surface area contributed by atoms with E-state index in [1.165, 1.54) is 6.07 Å². The van der Waals surface area contributed by atoms with Crippen molar-refractivity contribution in [3.05, 3.63) is 29.6 Å². The van der Waals surface area contributed by atoms with Gasteiger partial charge >= 0.3 is 0 Å². The van der Waals surface area contributed by atoms with E-state index < -0.39 is 5.82 Å². The lowest BCUT2D eigenvalue weighted by atomic mass is 10.2. The van der Waals surface area contributed by atoms with Crippen LogP contribution in [-0.4, -0.2) is 33.5 Å². The van der Waals surface area contributed by atoms with Crippen LogP contribution in [0.1, 0.15) is 12.0 Å². The van der Waals surface area contributed by atoms with Gasteiger partial charge in [-0.15, -0.1) is 0 Å². The first kappa shape index (κ1) is 14.9. The van der Waals surface area contributed by atoms with Crippen molar-refractivity contribution in [1.29, 1.82) is 0 Å². The molecule has 0 aliphatic heterocycles. The lowest BCUT2D eigenvalue weighted by molar-refractivity contribution is 0.0479. The van der Waals surface area contributed by atoms with Gasteiger partial charge in [-0.25, -0.2) is 4.39 Å². The molecule has 0 fully saturated rings. The van der Waals surface area contributed by atoms with Crippen molar-refractivity contribution < 1.29 is 18.6 Å². The van der Waals surface area contributed by atoms with E-state index >= 15 is 0 Å². The Labute approximate surface area is 107 Å². The number of ether oxygens (including phenoxy) is 3. The Bertz CT molecular complexity index is 347. The van der Waals surface area contributed by atoms with Crippen LogP contribution in [0.3, 0.4) is 0 Å². The summed E-state index contributed by atoms with van der Waals surface area (Å²) in [5, 5.41) is 0. The maximum absolute atomic E-state index is 13.5. The molecule has 0 saturated carbocycles. The number of rotatable bonds is 9. The quantitative estimate of drug-likeness (QED) is 0.543. The van der Waals surface area contributed by atoms with E-state index in [2.05, 4.69) is 0 Å². The highest BCUT2D eigenvalue weighted by Gasteiger charge is 2.04. The second-order valence-electron chi connectivity index (χ2n) is 3.83. The number of anilines is 1. The Morgan fingerprint density at radius 3 is 2.67 bits per heavy atom. The molecule has 1 rings (SSSR count). The largest absolute Gasteiger partial charge is 0.396 e. The number of hydrogen-bond donors (Lipinski definition) is 1. The number of halogens is 1. The third kappa shape index (κ3) is 5.44. The number of nitrogens with two attached hydrogens (primary N) is 1. The molecule has 2 N–H and O–H groups in total. The van der Waals surface area contributed by atoms with Crippen molar-refractivity contribution in [1.82, 2.24) is 0 Å². The third-order valence-corrected chi connectivity index (χ3v) is 2.38. The molecular weight excluding hydrogens is 237 g/mol. The van der Waals surface area contributed by atoms with Gasteiger partial charge in [0.05, 0.1) is 25.5 Å². The average Bonchev–Trinajstić information content (AvgIpc) is 2.37. The lowest BCUT2D eigenvalue weighted by Gasteiger charge is -2.07. The molecule has 0 heterocycles. The zero-order chi connectivity index (χ0) is 13.2. The molecule has 0 bridgehead atoms. The highest BCUT2D eigenvalue weighted by Crippen LogP contribution is 2.15. The molecule has 0 aliphatic rings. The van der Waals surface area contributed by atoms with Crippen LogP contribution < -0.4 is 5.73 Å². The van der Waals surface area contributed by atoms with Gasteiger partial charge in [-0.2, -0.15) is 0 Å². The number of hydrogen-bond acceptors (Lipinski definition) is 4. The average molecular weight is 257 g/mol. The zero-order valence-corrected chi connectivity index (χ0v) is 10.7. The maximum atomic E-state index is 13.5. The van der Waals surface area contributed by atoms with E-state index in [9.17, 15) is 4.39 Å². The van der Waals surface area contributed by atoms with Crippen molar-refractivity contribution in [3.63, 3.8) is 0 Å². The van der Waals surface area contributed by atoms with Gasteiger partial charge in [0.25, 0.3) is 0 Å². The van der Waals surface area contributed by atoms with Crippen molar-refractivity contribution in [2.24, 2.45) is 0 Å². The van der Waals surface area contributed by atoms with Gasteiger partial charge in [-0.1, -0.05) is 12.1 Å². The zero-order valence-electron chi connectivity index (χ0n) is 10.7. The Morgan fingerprint density at radius 2 is 1.89 bits per heavy atom. The van der Waals surface area contributed by atoms with Gasteiger partial charge < -0.3 is 19.9 Å². The number of benzene rings is 1. The summed E-state index contributed by atoms with van der Waals surface area (Å²) in [5.41, 5.74) is 6.09. The second kappa shape index (κ2) is 8.85. The molecule has 0 spiro atoms. The molecule has 4 nitrogen and oxygen atoms in total. The van der Waals surface area contributed by atoms with Crippen LogP contribution in [0.5, 0.6) is 0 Å². The Morgan fingerprint density at radius 1 is 1.11 bits per heavy atom. The fourth-order valence-corrected chi connectivity index (χ4v) is 1.40. The summed E-state index contributed by atoms with van der Waals surface area (Å²) in [6, 6.07) is 4.91. The van der Waals surface area contributed by atoms with Crippen LogP contribution in [0.25, 0.3) is 0 Å². The van der Waals surface area contributed by atoms with Crippen LogP contribution in [0.4, 0.5) is 10.1 Å². The van der Waals surface area contributed by atoms with Crippen LogP contribution in [0, 0.1) is 5.82 Å². The normalized spacial score (nSPS) is 10.8. The summed E-state index contributed by atoms with van der Waals surface area (Å²) in [5.74, 6) is -0.395. The van der Waals surface area contributed by atoms with Crippen LogP contribution in [-0.2, 0) is 20.8 Å². The van der Waals surface area contributed by atoms with Crippen LogP contribution in [0.2, 0.25) is 0 Å². The molecule has 0 radical (unpaired) electrons. The molecule has 0 unspecified atom stereocenters. The minimum atomic E-state index is -0.395. The van der Waals surface area contributed by atoms with E-state index in [0.717, 1.165) is 6.42 Å². The molecule has 0 aromatic heterocycles. The van der Waals surface area contributed by atoms with E-state index in [0.29, 0.717) is 32.0 Å². The molecular formula is C13H20FNO3. The Kier molecular flexibility index (Phi) is 7.32. The summed E-state index contributed by atoms with van der Waals surface area (Å²) < 4.78 is 28.9. The van der Waals surface area contributed by atoms with Crippen LogP contribution >= 0.6 is 0 Å². The summed E-state index contributed by atoms with van der Waals surface area (Å²) in [4.78, 5) is 0. The Hall–Kier alpha value is -1.17. The molecule has 1 aromatic carbocycles. The smallest absolute Gasteiger partial charge is 0.151 e. The van der Waals surface area contributed by atoms with Crippen molar-refractivity contribution in [2.75, 3.05) is 39.3 Å². The van der Waals surface area contributed by atoms with Gasteiger partial charge in [0.1, 0.15) is 0 Å². The lowest BCUT2D eigenvalue weighted by Crippen LogP contribution is -2.06. The fraction of sp³-hybridized carbons (Fsp3) is 0.538. The molecule has 1 aromatic rings. The summed E-state index contributed by atoms with van der Waals surface area (Å²) in [6.07, 6.45) is 0.771. The van der Waals surface area contributed by atoms with Gasteiger partial charge in [0.15, 0.2) is 5.82 Å². The highest BCUT2D eigenvalue weighted by atomic mass is 19.1. The first-order chi connectivity index (χ1) is 8.75. The van der Waals surface area contributed by atoms with Crippen LogP contribution in [0.15, 0.2) is 18.2 Å². The first-order valence-corrected chi connectivity index (χ1v) is 5.93. The van der Waals surface area contributed by atoms with Gasteiger partial charge in [-0.05, 0) is 12.5 Å². The standard InChI is InChI=1S/C13H20FNO3/c1-16-8-9-17-6-3-7-18-10-11-4-2-5-12(15)13(11)14/h2,4-5H,3,6-10,15H2,1H3. The highest BCUT2D eigenvalue weighted by molar-refractivity contribution is 5.42. The molecule has 18 heavy (non-hydrogen) atoms. The van der Waals surface area contributed by atoms with Gasteiger partial charge in [0.2, 0.25) is 0 Å². The van der Waals surface area contributed by atoms with Crippen molar-refractivity contribution in [2.45, 2.75) is 13.0 Å². The molecule has 5 heteroatoms. The monoisotopic (exact) mass is 257 g/mol. The summed E-state index contributed by atoms with van der Waals surface area (Å²) in [6.45, 7) is 2.55. The topological polar surface area (TPSA) is 53.7 Å². The van der Waals surface area contributed by atoms with Gasteiger partial charge in [-0.3, -0.25) is 0 Å². The fourth-order valence-electron chi connectivity index (χ4n) is 1.40. The predicted molar refractivity (Wildman–Crippen MR) is 67.8 cm³/mol. The first-order valence-electron chi connectivity index (χ1n) is 5.93. The van der Waals surface area contributed by atoms with E-state index in [1.54, 1.807) is 19.2 Å². The molecule has 0 atom stereocenters. The molecule has 0 amide bonds. The van der Waals surface area contributed by atoms with Crippen molar-refractivity contribution in [3.8, 4) is 0 Å². The minimum Gasteiger partial charge on any atom is -0.396 e. The molecule has 0 aliphatic carbocycles. The maximum Gasteiger partial charge on any atom is 0.151 e. The molecule has 102 valence electrons. The minimum absolute atomic E-state index is 0.152. The number of nitrogen functional groups attached to an aromatic ring is 1. The Balaban J connectivity index is 2.09. The van der Waals surface area contributed by atoms with Gasteiger partial charge in [0, 0.05) is 25.9 Å². The summed E-state index contributed by atoms with van der Waals surface area (Å²) >= 11 is 0. The predicted octanol–water partition coefficient (Wildman–Crippen LogP) is 1.98. The van der Waals surface area contributed by atoms with E-state index in [1.807, 2.05) is 0 Å². The molecule has 0 saturated heterocycles. The van der Waals surface area contributed by atoms with E-state index in [-0.39, 0.29) is 12.3 Å². The number of methoxy groups -OCH3 is 1. The second-order valence-corrected chi connectivity index (χ2v) is 3.83. The summed E-state index contributed by atoms with van der Waals surface area (Å²) in [7, 11) is 1.63. The SMILES string of the molecule is COCCOCCCOCc1cccc(N)c1F. The van der Waals surface area contributed by atoms with E-state index in [4.69, 9.17) is 19.9 Å². The van der Waals surface area contributed by atoms with Crippen molar-refractivity contribution >= 4 is 5.69 Å². The third-order valence-electron chi connectivity index (χ3n) is 2.38.